The molecule has 0 bridgehead atoms. The van der Waals surface area contributed by atoms with Gasteiger partial charge in [0.05, 0.1) is 11.4 Å². The number of hydrogen-bond acceptors (Lipinski definition) is 2. The number of hydrogen-bond donors (Lipinski definition) is 1. The van der Waals surface area contributed by atoms with Gasteiger partial charge < -0.3 is 5.32 Å². The van der Waals surface area contributed by atoms with E-state index in [-0.39, 0.29) is 5.54 Å². The molecule has 0 fully saturated rings. The zero-order valence-electron chi connectivity index (χ0n) is 9.97. The Balaban J connectivity index is 2.60. The first kappa shape index (κ1) is 12.5. The fourth-order valence-electron chi connectivity index (χ4n) is 1.40. The molecule has 0 aliphatic rings. The van der Waals surface area contributed by atoms with E-state index < -0.39 is 0 Å². The molecule has 0 saturated heterocycles. The van der Waals surface area contributed by atoms with Gasteiger partial charge in [0, 0.05) is 25.0 Å². The molecule has 1 atom stereocenters. The first-order valence-electron chi connectivity index (χ1n) is 5.31. The second kappa shape index (κ2) is 4.99. The molecular weight excluding hydrogens is 210 g/mol. The van der Waals surface area contributed by atoms with E-state index in [9.17, 15) is 0 Å². The normalized spacial score (nSPS) is 15.3. The van der Waals surface area contributed by atoms with Crippen LogP contribution in [0.5, 0.6) is 0 Å². The van der Waals surface area contributed by atoms with Gasteiger partial charge in [0.1, 0.15) is 0 Å². The van der Waals surface area contributed by atoms with E-state index in [1.807, 2.05) is 18.7 Å². The minimum absolute atomic E-state index is 0.0136. The summed E-state index contributed by atoms with van der Waals surface area (Å²) in [5, 5.41) is 7.78. The lowest BCUT2D eigenvalue weighted by Gasteiger charge is -2.27. The highest BCUT2D eigenvalue weighted by Gasteiger charge is 2.20. The van der Waals surface area contributed by atoms with Crippen LogP contribution in [0.25, 0.3) is 0 Å². The SMILES string of the molecule is CCC(C)(CCl)NCc1cc(C)nn1C. The Hall–Kier alpha value is -0.540. The average molecular weight is 230 g/mol. The van der Waals surface area contributed by atoms with E-state index in [2.05, 4.69) is 30.3 Å². The van der Waals surface area contributed by atoms with Gasteiger partial charge in [-0.05, 0) is 26.3 Å². The predicted molar refractivity (Wildman–Crippen MR) is 64.2 cm³/mol. The van der Waals surface area contributed by atoms with Crippen LogP contribution >= 0.6 is 11.6 Å². The fraction of sp³-hybridized carbons (Fsp3) is 0.727. The van der Waals surface area contributed by atoms with Crippen molar-refractivity contribution in [3.8, 4) is 0 Å². The lowest BCUT2D eigenvalue weighted by molar-refractivity contribution is 0.373. The number of halogens is 1. The largest absolute Gasteiger partial charge is 0.305 e. The summed E-state index contributed by atoms with van der Waals surface area (Å²) in [5.41, 5.74) is 2.26. The summed E-state index contributed by atoms with van der Waals surface area (Å²) in [6.45, 7) is 7.10. The molecule has 0 aromatic carbocycles. The van der Waals surface area contributed by atoms with Crippen molar-refractivity contribution in [2.75, 3.05) is 5.88 Å². The lowest BCUT2D eigenvalue weighted by Crippen LogP contribution is -2.43. The van der Waals surface area contributed by atoms with E-state index in [1.165, 1.54) is 5.69 Å². The summed E-state index contributed by atoms with van der Waals surface area (Å²) < 4.78 is 1.91. The van der Waals surface area contributed by atoms with Crippen LogP contribution in [-0.4, -0.2) is 21.2 Å². The van der Waals surface area contributed by atoms with Crippen molar-refractivity contribution in [1.29, 1.82) is 0 Å². The standard InChI is InChI=1S/C11H20ClN3/c1-5-11(3,8-12)13-7-10-6-9(2)14-15(10)4/h6,13H,5,7-8H2,1-4H3. The first-order chi connectivity index (χ1) is 7.00. The summed E-state index contributed by atoms with van der Waals surface area (Å²) in [6.07, 6.45) is 1.02. The molecule has 0 radical (unpaired) electrons. The summed E-state index contributed by atoms with van der Waals surface area (Å²) in [6, 6.07) is 2.09. The number of aryl methyl sites for hydroxylation is 2. The average Bonchev–Trinajstić information content (AvgIpc) is 2.54. The van der Waals surface area contributed by atoms with Crippen molar-refractivity contribution < 1.29 is 0 Å². The van der Waals surface area contributed by atoms with Gasteiger partial charge >= 0.3 is 0 Å². The molecule has 0 amide bonds. The maximum atomic E-state index is 5.94. The molecule has 0 spiro atoms. The molecule has 15 heavy (non-hydrogen) atoms. The van der Waals surface area contributed by atoms with Crippen LogP contribution < -0.4 is 5.32 Å². The van der Waals surface area contributed by atoms with Gasteiger partial charge in [0.25, 0.3) is 0 Å². The third-order valence-electron chi connectivity index (χ3n) is 2.87. The molecule has 1 aromatic rings. The second-order valence-corrected chi connectivity index (χ2v) is 4.57. The topological polar surface area (TPSA) is 29.9 Å². The van der Waals surface area contributed by atoms with Crippen LogP contribution in [-0.2, 0) is 13.6 Å². The minimum atomic E-state index is 0.0136. The van der Waals surface area contributed by atoms with Gasteiger partial charge in [-0.3, -0.25) is 4.68 Å². The number of nitrogens with zero attached hydrogens (tertiary/aromatic N) is 2. The van der Waals surface area contributed by atoms with Crippen molar-refractivity contribution in [2.24, 2.45) is 7.05 Å². The Kier molecular flexibility index (Phi) is 4.17. The number of alkyl halides is 1. The van der Waals surface area contributed by atoms with Gasteiger partial charge in [-0.25, -0.2) is 0 Å². The molecule has 0 saturated carbocycles. The predicted octanol–water partition coefficient (Wildman–Crippen LogP) is 2.23. The Labute approximate surface area is 96.8 Å². The Morgan fingerprint density at radius 2 is 2.27 bits per heavy atom. The molecule has 86 valence electrons. The lowest BCUT2D eigenvalue weighted by atomic mass is 10.0. The van der Waals surface area contributed by atoms with Crippen LogP contribution in [0.4, 0.5) is 0 Å². The molecule has 1 N–H and O–H groups in total. The highest BCUT2D eigenvalue weighted by molar-refractivity contribution is 6.18. The molecular formula is C11H20ClN3. The smallest absolute Gasteiger partial charge is 0.0597 e. The molecule has 0 aliphatic carbocycles. The maximum absolute atomic E-state index is 5.94. The molecule has 3 nitrogen and oxygen atoms in total. The quantitative estimate of drug-likeness (QED) is 0.785. The zero-order chi connectivity index (χ0) is 11.5. The molecule has 0 aliphatic heterocycles. The third kappa shape index (κ3) is 3.21. The molecule has 1 rings (SSSR count). The fourth-order valence-corrected chi connectivity index (χ4v) is 1.68. The number of rotatable bonds is 5. The van der Waals surface area contributed by atoms with Crippen molar-refractivity contribution in [1.82, 2.24) is 15.1 Å². The summed E-state index contributed by atoms with van der Waals surface area (Å²) in [7, 11) is 1.97. The van der Waals surface area contributed by atoms with E-state index in [0.29, 0.717) is 5.88 Å². The van der Waals surface area contributed by atoms with Gasteiger partial charge in [-0.1, -0.05) is 6.92 Å². The van der Waals surface area contributed by atoms with E-state index >= 15 is 0 Å². The highest BCUT2D eigenvalue weighted by atomic mass is 35.5. The van der Waals surface area contributed by atoms with Crippen molar-refractivity contribution in [3.05, 3.63) is 17.5 Å². The van der Waals surface area contributed by atoms with E-state index in [0.717, 1.165) is 18.7 Å². The van der Waals surface area contributed by atoms with Gasteiger partial charge in [-0.2, -0.15) is 5.10 Å². The van der Waals surface area contributed by atoms with Crippen LogP contribution in [0.1, 0.15) is 31.7 Å². The van der Waals surface area contributed by atoms with Crippen molar-refractivity contribution in [2.45, 2.75) is 39.3 Å². The van der Waals surface area contributed by atoms with Gasteiger partial charge in [-0.15, -0.1) is 11.6 Å². The maximum Gasteiger partial charge on any atom is 0.0597 e. The summed E-state index contributed by atoms with van der Waals surface area (Å²) in [5.74, 6) is 0.625. The van der Waals surface area contributed by atoms with Crippen LogP contribution in [0.3, 0.4) is 0 Å². The molecule has 1 unspecified atom stereocenters. The number of nitrogens with one attached hydrogen (secondary N) is 1. The third-order valence-corrected chi connectivity index (χ3v) is 3.46. The molecule has 1 heterocycles. The molecule has 4 heteroatoms. The van der Waals surface area contributed by atoms with E-state index in [1.54, 1.807) is 0 Å². The molecule has 1 aromatic heterocycles. The zero-order valence-corrected chi connectivity index (χ0v) is 10.7. The van der Waals surface area contributed by atoms with Crippen molar-refractivity contribution in [3.63, 3.8) is 0 Å². The Bertz CT molecular complexity index is 316. The van der Waals surface area contributed by atoms with Crippen molar-refractivity contribution >= 4 is 11.6 Å². The minimum Gasteiger partial charge on any atom is -0.305 e. The van der Waals surface area contributed by atoms with Crippen LogP contribution in [0.2, 0.25) is 0 Å². The van der Waals surface area contributed by atoms with Gasteiger partial charge in [0.2, 0.25) is 0 Å². The monoisotopic (exact) mass is 229 g/mol. The summed E-state index contributed by atoms with van der Waals surface area (Å²) >= 11 is 5.94. The highest BCUT2D eigenvalue weighted by Crippen LogP contribution is 2.12. The Morgan fingerprint density at radius 3 is 2.67 bits per heavy atom. The number of aromatic nitrogens is 2. The first-order valence-corrected chi connectivity index (χ1v) is 5.84. The van der Waals surface area contributed by atoms with Crippen LogP contribution in [0.15, 0.2) is 6.07 Å². The van der Waals surface area contributed by atoms with E-state index in [4.69, 9.17) is 11.6 Å². The summed E-state index contributed by atoms with van der Waals surface area (Å²) in [4.78, 5) is 0. The Morgan fingerprint density at radius 1 is 1.60 bits per heavy atom. The van der Waals surface area contributed by atoms with Crippen LogP contribution in [0, 0.1) is 6.92 Å². The second-order valence-electron chi connectivity index (χ2n) is 4.30. The van der Waals surface area contributed by atoms with Gasteiger partial charge in [0.15, 0.2) is 0 Å².